The van der Waals surface area contributed by atoms with Crippen LogP contribution in [0.3, 0.4) is 0 Å². The molecule has 1 heterocycles. The van der Waals surface area contributed by atoms with Crippen LogP contribution in [0, 0.1) is 0 Å². The fourth-order valence-electron chi connectivity index (χ4n) is 4.02. The van der Waals surface area contributed by atoms with Crippen LogP contribution in [0.1, 0.15) is 50.4 Å². The lowest BCUT2D eigenvalue weighted by Crippen LogP contribution is -2.29. The second kappa shape index (κ2) is 9.23. The first-order chi connectivity index (χ1) is 15.3. The molecule has 0 aliphatic carbocycles. The number of carbonyl (C=O) groups excluding carboxylic acids is 1. The van der Waals surface area contributed by atoms with Gasteiger partial charge in [-0.2, -0.15) is 0 Å². The first kappa shape index (κ1) is 22.2. The Labute approximate surface area is 196 Å². The van der Waals surface area contributed by atoms with Crippen LogP contribution in [0.2, 0.25) is 10.0 Å². The molecule has 164 valence electrons. The zero-order valence-electron chi connectivity index (χ0n) is 17.4. The topological polar surface area (TPSA) is 69.6 Å². The summed E-state index contributed by atoms with van der Waals surface area (Å²) in [6.45, 7) is 3.22. The van der Waals surface area contributed by atoms with Crippen molar-refractivity contribution in [3.63, 3.8) is 0 Å². The molecule has 1 amide bonds. The third-order valence-corrected chi connectivity index (χ3v) is 6.31. The maximum Gasteiger partial charge on any atom is 0.335 e. The second-order valence-electron chi connectivity index (χ2n) is 7.84. The number of hydrogen-bond acceptors (Lipinski definition) is 3. The Hall–Kier alpha value is -3.02. The van der Waals surface area contributed by atoms with Crippen molar-refractivity contribution in [2.45, 2.75) is 25.9 Å². The largest absolute Gasteiger partial charge is 0.478 e. The van der Waals surface area contributed by atoms with Crippen molar-refractivity contribution in [1.82, 2.24) is 5.32 Å². The van der Waals surface area contributed by atoms with E-state index in [2.05, 4.69) is 10.2 Å². The van der Waals surface area contributed by atoms with Crippen molar-refractivity contribution in [3.8, 4) is 0 Å². The number of para-hydroxylation sites is 1. The molecule has 1 aliphatic heterocycles. The van der Waals surface area contributed by atoms with Gasteiger partial charge in [-0.05, 0) is 66.4 Å². The molecule has 0 bridgehead atoms. The monoisotopic (exact) mass is 468 g/mol. The molecule has 0 saturated heterocycles. The summed E-state index contributed by atoms with van der Waals surface area (Å²) in [5, 5.41) is 13.4. The van der Waals surface area contributed by atoms with Crippen molar-refractivity contribution in [1.29, 1.82) is 0 Å². The third kappa shape index (κ3) is 4.59. The molecule has 0 aromatic heterocycles. The van der Waals surface area contributed by atoms with E-state index >= 15 is 0 Å². The first-order valence-corrected chi connectivity index (χ1v) is 11.0. The average Bonchev–Trinajstić information content (AvgIpc) is 3.19. The third-order valence-electron chi connectivity index (χ3n) is 5.71. The predicted molar refractivity (Wildman–Crippen MR) is 127 cm³/mol. The Balaban J connectivity index is 1.56. The van der Waals surface area contributed by atoms with Crippen molar-refractivity contribution in [2.75, 3.05) is 11.4 Å². The minimum absolute atomic E-state index is 0.180. The molecule has 32 heavy (non-hydrogen) atoms. The summed E-state index contributed by atoms with van der Waals surface area (Å²) in [6, 6.07) is 17.4. The second-order valence-corrected chi connectivity index (χ2v) is 8.69. The quantitative estimate of drug-likeness (QED) is 0.483. The lowest BCUT2D eigenvalue weighted by Gasteiger charge is -2.23. The van der Waals surface area contributed by atoms with Crippen LogP contribution in [-0.4, -0.2) is 23.5 Å². The van der Waals surface area contributed by atoms with Crippen LogP contribution in [0.4, 0.5) is 5.69 Å². The molecule has 1 unspecified atom stereocenters. The summed E-state index contributed by atoms with van der Waals surface area (Å²) in [7, 11) is 0. The van der Waals surface area contributed by atoms with Crippen LogP contribution in [0.25, 0.3) is 0 Å². The lowest BCUT2D eigenvalue weighted by atomic mass is 10.0. The number of nitrogens with zero attached hydrogens (tertiary/aromatic N) is 1. The van der Waals surface area contributed by atoms with Gasteiger partial charge in [-0.15, -0.1) is 0 Å². The Bertz CT molecular complexity index is 1180. The molecular formula is C25H22Cl2N2O3. The molecule has 0 radical (unpaired) electrons. The number of benzene rings is 3. The highest BCUT2D eigenvalue weighted by molar-refractivity contribution is 6.33. The van der Waals surface area contributed by atoms with Crippen LogP contribution >= 0.6 is 23.2 Å². The van der Waals surface area contributed by atoms with Gasteiger partial charge in [-0.25, -0.2) is 4.79 Å². The zero-order chi connectivity index (χ0) is 22.8. The molecule has 3 aromatic carbocycles. The molecule has 0 saturated carbocycles. The fourth-order valence-corrected chi connectivity index (χ4v) is 4.39. The van der Waals surface area contributed by atoms with Crippen molar-refractivity contribution >= 4 is 40.8 Å². The number of rotatable bonds is 6. The molecule has 1 atom stereocenters. The van der Waals surface area contributed by atoms with E-state index in [1.807, 2.05) is 31.2 Å². The molecule has 0 spiro atoms. The Morgan fingerprint density at radius 3 is 2.56 bits per heavy atom. The van der Waals surface area contributed by atoms with Gasteiger partial charge in [0.05, 0.1) is 22.9 Å². The van der Waals surface area contributed by atoms with Crippen LogP contribution < -0.4 is 10.2 Å². The molecule has 5 nitrogen and oxygen atoms in total. The summed E-state index contributed by atoms with van der Waals surface area (Å²) in [5.41, 5.74) is 4.59. The fraction of sp³-hybridized carbons (Fsp3) is 0.200. The summed E-state index contributed by atoms with van der Waals surface area (Å²) >= 11 is 12.5. The van der Waals surface area contributed by atoms with E-state index in [-0.39, 0.29) is 17.5 Å². The summed E-state index contributed by atoms with van der Waals surface area (Å²) in [6.07, 6.45) is 0.848. The highest BCUT2D eigenvalue weighted by atomic mass is 35.5. The van der Waals surface area contributed by atoms with Gasteiger partial charge < -0.3 is 15.3 Å². The standard InChI is InChI=1S/C25H22Cl2N2O3/c1-15(16-5-7-18(8-6-16)25(31)32)28-24(30)21-4-2-3-17-11-12-29(23(17)21)14-19-13-20(26)9-10-22(19)27/h2-10,13,15H,11-12,14H2,1H3,(H,28,30)(H,31,32). The number of carbonyl (C=O) groups is 2. The van der Waals surface area contributed by atoms with E-state index in [0.29, 0.717) is 22.2 Å². The number of halogens is 2. The number of fused-ring (bicyclic) bond motifs is 1. The number of anilines is 1. The van der Waals surface area contributed by atoms with Crippen LogP contribution in [0.15, 0.2) is 60.7 Å². The SMILES string of the molecule is CC(NC(=O)c1cccc2c1N(Cc1cc(Cl)ccc1Cl)CC2)c1ccc(C(=O)O)cc1. The van der Waals surface area contributed by atoms with Gasteiger partial charge >= 0.3 is 5.97 Å². The number of nitrogens with one attached hydrogen (secondary N) is 1. The number of hydrogen-bond donors (Lipinski definition) is 2. The van der Waals surface area contributed by atoms with E-state index in [4.69, 9.17) is 28.3 Å². The normalized spacial score (nSPS) is 13.5. The van der Waals surface area contributed by atoms with Crippen molar-refractivity contribution in [3.05, 3.63) is 98.5 Å². The van der Waals surface area contributed by atoms with Crippen molar-refractivity contribution in [2.24, 2.45) is 0 Å². The number of amides is 1. The minimum Gasteiger partial charge on any atom is -0.478 e. The molecular weight excluding hydrogens is 447 g/mol. The van der Waals surface area contributed by atoms with Crippen molar-refractivity contribution < 1.29 is 14.7 Å². The lowest BCUT2D eigenvalue weighted by molar-refractivity contribution is 0.0696. The van der Waals surface area contributed by atoms with Crippen LogP contribution in [0.5, 0.6) is 0 Å². The highest BCUT2D eigenvalue weighted by Gasteiger charge is 2.26. The Kier molecular flexibility index (Phi) is 6.40. The smallest absolute Gasteiger partial charge is 0.335 e. The maximum absolute atomic E-state index is 13.2. The van der Waals surface area contributed by atoms with E-state index in [0.717, 1.165) is 35.3 Å². The van der Waals surface area contributed by atoms with Crippen LogP contribution in [-0.2, 0) is 13.0 Å². The molecule has 3 aromatic rings. The zero-order valence-corrected chi connectivity index (χ0v) is 19.0. The van der Waals surface area contributed by atoms with Gasteiger partial charge in [-0.3, -0.25) is 4.79 Å². The van der Waals surface area contributed by atoms with Gasteiger partial charge in [-0.1, -0.05) is 47.5 Å². The van der Waals surface area contributed by atoms with Gasteiger partial charge in [0.25, 0.3) is 5.91 Å². The molecule has 7 heteroatoms. The van der Waals surface area contributed by atoms with E-state index in [9.17, 15) is 9.59 Å². The van der Waals surface area contributed by atoms with Gasteiger partial charge in [0.15, 0.2) is 0 Å². The highest BCUT2D eigenvalue weighted by Crippen LogP contribution is 2.35. The maximum atomic E-state index is 13.2. The summed E-state index contributed by atoms with van der Waals surface area (Å²) < 4.78 is 0. The minimum atomic E-state index is -0.979. The summed E-state index contributed by atoms with van der Waals surface area (Å²) in [5.74, 6) is -1.16. The van der Waals surface area contributed by atoms with E-state index < -0.39 is 5.97 Å². The number of carboxylic acid groups (broad SMARTS) is 1. The Morgan fingerprint density at radius 2 is 1.84 bits per heavy atom. The number of aromatic carboxylic acids is 1. The molecule has 2 N–H and O–H groups in total. The number of carboxylic acids is 1. The Morgan fingerprint density at radius 1 is 1.09 bits per heavy atom. The van der Waals surface area contributed by atoms with Gasteiger partial charge in [0.1, 0.15) is 0 Å². The average molecular weight is 469 g/mol. The van der Waals surface area contributed by atoms with Gasteiger partial charge in [0, 0.05) is 23.1 Å². The first-order valence-electron chi connectivity index (χ1n) is 10.3. The van der Waals surface area contributed by atoms with E-state index in [1.165, 1.54) is 12.1 Å². The van der Waals surface area contributed by atoms with E-state index in [1.54, 1.807) is 24.3 Å². The molecule has 4 rings (SSSR count). The molecule has 0 fully saturated rings. The summed E-state index contributed by atoms with van der Waals surface area (Å²) in [4.78, 5) is 26.4. The van der Waals surface area contributed by atoms with Gasteiger partial charge in [0.2, 0.25) is 0 Å². The predicted octanol–water partition coefficient (Wildman–Crippen LogP) is 5.75. The molecule has 1 aliphatic rings.